The molecule has 1 aliphatic heterocycles. The molecule has 0 aliphatic carbocycles. The number of amides is 1. The van der Waals surface area contributed by atoms with Crippen LogP contribution in [0.3, 0.4) is 0 Å². The molecule has 1 N–H and O–H groups in total. The lowest BCUT2D eigenvalue weighted by molar-refractivity contribution is -0.117. The SMILES string of the molecule is C[C@H](NS(=O)(=O)c1ccc(N2CCCC2=O)cc1)c1ccccc1Br. The van der Waals surface area contributed by atoms with Crippen molar-refractivity contribution in [1.82, 2.24) is 4.72 Å². The van der Waals surface area contributed by atoms with E-state index in [1.54, 1.807) is 24.0 Å². The Bertz CT molecular complexity index is 881. The predicted molar refractivity (Wildman–Crippen MR) is 101 cm³/mol. The summed E-state index contributed by atoms with van der Waals surface area (Å²) in [5.41, 5.74) is 1.60. The second-order valence-corrected chi connectivity index (χ2v) is 8.58. The minimum atomic E-state index is -3.65. The van der Waals surface area contributed by atoms with E-state index >= 15 is 0 Å². The van der Waals surface area contributed by atoms with Crippen LogP contribution in [0, 0.1) is 0 Å². The molecule has 1 atom stereocenters. The van der Waals surface area contributed by atoms with Crippen LogP contribution in [0.5, 0.6) is 0 Å². The molecule has 0 unspecified atom stereocenters. The van der Waals surface area contributed by atoms with Crippen LogP contribution in [0.1, 0.15) is 31.4 Å². The zero-order chi connectivity index (χ0) is 18.0. The van der Waals surface area contributed by atoms with Crippen LogP contribution in [-0.2, 0) is 14.8 Å². The molecule has 25 heavy (non-hydrogen) atoms. The highest BCUT2D eigenvalue weighted by atomic mass is 79.9. The summed E-state index contributed by atoms with van der Waals surface area (Å²) in [5, 5.41) is 0. The van der Waals surface area contributed by atoms with Crippen LogP contribution >= 0.6 is 15.9 Å². The topological polar surface area (TPSA) is 66.5 Å². The normalized spacial score (nSPS) is 16.2. The molecule has 1 fully saturated rings. The molecule has 0 bridgehead atoms. The number of nitrogens with zero attached hydrogens (tertiary/aromatic N) is 1. The largest absolute Gasteiger partial charge is 0.312 e. The van der Waals surface area contributed by atoms with Crippen molar-refractivity contribution in [1.29, 1.82) is 0 Å². The summed E-state index contributed by atoms with van der Waals surface area (Å²) in [6.07, 6.45) is 1.38. The average molecular weight is 423 g/mol. The fraction of sp³-hybridized carbons (Fsp3) is 0.278. The summed E-state index contributed by atoms with van der Waals surface area (Å²) >= 11 is 3.44. The van der Waals surface area contributed by atoms with Gasteiger partial charge in [0.25, 0.3) is 0 Å². The minimum Gasteiger partial charge on any atom is -0.312 e. The van der Waals surface area contributed by atoms with Gasteiger partial charge < -0.3 is 4.90 Å². The van der Waals surface area contributed by atoms with Crippen molar-refractivity contribution in [2.24, 2.45) is 0 Å². The molecule has 132 valence electrons. The van der Waals surface area contributed by atoms with Gasteiger partial charge in [-0.05, 0) is 49.2 Å². The lowest BCUT2D eigenvalue weighted by Crippen LogP contribution is -2.27. The molecule has 7 heteroatoms. The Morgan fingerprint density at radius 1 is 1.12 bits per heavy atom. The standard InChI is InChI=1S/C18H19BrN2O3S/c1-13(16-5-2-3-6-17(16)19)20-25(23,24)15-10-8-14(9-11-15)21-12-4-7-18(21)22/h2-3,5-6,8-11,13,20H,4,7,12H2,1H3/t13-/m0/s1. The van der Waals surface area contributed by atoms with Gasteiger partial charge >= 0.3 is 0 Å². The first kappa shape index (κ1) is 18.1. The third-order valence-corrected chi connectivity index (χ3v) is 6.51. The molecule has 2 aromatic carbocycles. The second-order valence-electron chi connectivity index (χ2n) is 6.01. The van der Waals surface area contributed by atoms with Gasteiger partial charge in [0, 0.05) is 29.2 Å². The highest BCUT2D eigenvalue weighted by Gasteiger charge is 2.23. The molecule has 1 saturated heterocycles. The summed E-state index contributed by atoms with van der Waals surface area (Å²) < 4.78 is 28.8. The van der Waals surface area contributed by atoms with Gasteiger partial charge in [0.15, 0.2) is 0 Å². The maximum atomic E-state index is 12.6. The van der Waals surface area contributed by atoms with E-state index in [9.17, 15) is 13.2 Å². The fourth-order valence-electron chi connectivity index (χ4n) is 2.92. The van der Waals surface area contributed by atoms with E-state index in [1.165, 1.54) is 12.1 Å². The van der Waals surface area contributed by atoms with Crippen molar-refractivity contribution in [3.8, 4) is 0 Å². The summed E-state index contributed by atoms with van der Waals surface area (Å²) in [4.78, 5) is 13.7. The first-order valence-electron chi connectivity index (χ1n) is 8.06. The molecule has 5 nitrogen and oxygen atoms in total. The number of benzene rings is 2. The number of carbonyl (C=O) groups excluding carboxylic acids is 1. The lowest BCUT2D eigenvalue weighted by atomic mass is 10.1. The molecular weight excluding hydrogens is 404 g/mol. The van der Waals surface area contributed by atoms with E-state index < -0.39 is 10.0 Å². The Kier molecular flexibility index (Phi) is 5.27. The van der Waals surface area contributed by atoms with Crippen LogP contribution in [0.15, 0.2) is 57.9 Å². The van der Waals surface area contributed by atoms with Gasteiger partial charge in [-0.15, -0.1) is 0 Å². The van der Waals surface area contributed by atoms with Gasteiger partial charge in [0.1, 0.15) is 0 Å². The van der Waals surface area contributed by atoms with Gasteiger partial charge in [-0.25, -0.2) is 13.1 Å². The Morgan fingerprint density at radius 3 is 2.40 bits per heavy atom. The van der Waals surface area contributed by atoms with E-state index in [2.05, 4.69) is 20.7 Å². The predicted octanol–water partition coefficient (Wildman–Crippen LogP) is 3.62. The zero-order valence-electron chi connectivity index (χ0n) is 13.8. The van der Waals surface area contributed by atoms with Crippen molar-refractivity contribution >= 4 is 37.5 Å². The van der Waals surface area contributed by atoms with Crippen molar-refractivity contribution in [2.45, 2.75) is 30.7 Å². The quantitative estimate of drug-likeness (QED) is 0.799. The molecule has 0 saturated carbocycles. The van der Waals surface area contributed by atoms with Crippen LogP contribution < -0.4 is 9.62 Å². The monoisotopic (exact) mass is 422 g/mol. The van der Waals surface area contributed by atoms with E-state index in [1.807, 2.05) is 24.3 Å². The third-order valence-electron chi connectivity index (χ3n) is 4.24. The molecule has 1 amide bonds. The number of carbonyl (C=O) groups is 1. The molecule has 0 radical (unpaired) electrons. The maximum Gasteiger partial charge on any atom is 0.241 e. The molecule has 0 aromatic heterocycles. The molecular formula is C18H19BrN2O3S. The van der Waals surface area contributed by atoms with Crippen molar-refractivity contribution < 1.29 is 13.2 Å². The second kappa shape index (κ2) is 7.27. The van der Waals surface area contributed by atoms with E-state index in [0.29, 0.717) is 13.0 Å². The molecule has 0 spiro atoms. The maximum absolute atomic E-state index is 12.6. The number of nitrogens with one attached hydrogen (secondary N) is 1. The van der Waals surface area contributed by atoms with Crippen LogP contribution in [0.4, 0.5) is 5.69 Å². The Balaban J connectivity index is 1.78. The summed E-state index contributed by atoms with van der Waals surface area (Å²) in [6.45, 7) is 2.48. The Labute approximate surface area is 156 Å². The molecule has 1 aliphatic rings. The zero-order valence-corrected chi connectivity index (χ0v) is 16.2. The highest BCUT2D eigenvalue weighted by Crippen LogP contribution is 2.26. The van der Waals surface area contributed by atoms with Gasteiger partial charge in [-0.1, -0.05) is 34.1 Å². The minimum absolute atomic E-state index is 0.0799. The fourth-order valence-corrected chi connectivity index (χ4v) is 4.77. The van der Waals surface area contributed by atoms with Gasteiger partial charge in [-0.2, -0.15) is 0 Å². The van der Waals surface area contributed by atoms with Crippen LogP contribution in [0.25, 0.3) is 0 Å². The number of sulfonamides is 1. The molecule has 2 aromatic rings. The third kappa shape index (κ3) is 3.94. The summed E-state index contributed by atoms with van der Waals surface area (Å²) in [5.74, 6) is 0.0799. The van der Waals surface area contributed by atoms with Crippen LogP contribution in [-0.4, -0.2) is 20.9 Å². The number of rotatable bonds is 5. The van der Waals surface area contributed by atoms with Crippen molar-refractivity contribution in [3.63, 3.8) is 0 Å². The van der Waals surface area contributed by atoms with Crippen LogP contribution in [0.2, 0.25) is 0 Å². The number of anilines is 1. The molecule has 1 heterocycles. The van der Waals surface area contributed by atoms with Crippen molar-refractivity contribution in [3.05, 3.63) is 58.6 Å². The molecule has 3 rings (SSSR count). The van der Waals surface area contributed by atoms with Gasteiger partial charge in [0.05, 0.1) is 4.90 Å². The Morgan fingerprint density at radius 2 is 1.80 bits per heavy atom. The summed E-state index contributed by atoms with van der Waals surface area (Å²) in [7, 11) is -3.65. The van der Waals surface area contributed by atoms with E-state index in [0.717, 1.165) is 22.1 Å². The number of hydrogen-bond acceptors (Lipinski definition) is 3. The average Bonchev–Trinajstić information content (AvgIpc) is 3.01. The van der Waals surface area contributed by atoms with Gasteiger partial charge in [0.2, 0.25) is 15.9 Å². The van der Waals surface area contributed by atoms with Crippen molar-refractivity contribution in [2.75, 3.05) is 11.4 Å². The Hall–Kier alpha value is -1.70. The highest BCUT2D eigenvalue weighted by molar-refractivity contribution is 9.10. The van der Waals surface area contributed by atoms with E-state index in [-0.39, 0.29) is 16.8 Å². The number of hydrogen-bond donors (Lipinski definition) is 1. The summed E-state index contributed by atoms with van der Waals surface area (Å²) in [6, 6.07) is 13.6. The first-order chi connectivity index (χ1) is 11.9. The smallest absolute Gasteiger partial charge is 0.241 e. The lowest BCUT2D eigenvalue weighted by Gasteiger charge is -2.18. The first-order valence-corrected chi connectivity index (χ1v) is 10.3. The van der Waals surface area contributed by atoms with Gasteiger partial charge in [-0.3, -0.25) is 4.79 Å². The van der Waals surface area contributed by atoms with E-state index in [4.69, 9.17) is 0 Å². The number of halogens is 1.